The smallest absolute Gasteiger partial charge is 0.303 e. The highest BCUT2D eigenvalue weighted by Gasteiger charge is 2.10. The third kappa shape index (κ3) is 5.26. The molecule has 6 heteroatoms. The van der Waals surface area contributed by atoms with E-state index in [0.29, 0.717) is 32.2 Å². The zero-order chi connectivity index (χ0) is 14.3. The van der Waals surface area contributed by atoms with Crippen LogP contribution in [0.5, 0.6) is 0 Å². The van der Waals surface area contributed by atoms with Crippen molar-refractivity contribution in [2.45, 2.75) is 25.7 Å². The van der Waals surface area contributed by atoms with Gasteiger partial charge in [-0.3, -0.25) is 9.59 Å². The molecule has 0 saturated carbocycles. The zero-order valence-electron chi connectivity index (χ0n) is 10.3. The summed E-state index contributed by atoms with van der Waals surface area (Å²) in [6.45, 7) is 0.349. The molecule has 0 saturated heterocycles. The van der Waals surface area contributed by atoms with Crippen LogP contribution in [-0.2, 0) is 9.59 Å². The van der Waals surface area contributed by atoms with Gasteiger partial charge in [0.15, 0.2) is 0 Å². The Kier molecular flexibility index (Phi) is 6.29. The average Bonchev–Trinajstić information content (AvgIpc) is 2.34. The fourth-order valence-corrected chi connectivity index (χ4v) is 1.84. The van der Waals surface area contributed by atoms with Gasteiger partial charge in [-0.1, -0.05) is 18.0 Å². The number of benzene rings is 1. The maximum absolute atomic E-state index is 13.6. The number of amides is 1. The van der Waals surface area contributed by atoms with Crippen molar-refractivity contribution in [1.29, 1.82) is 0 Å². The molecule has 1 rings (SSSR count). The van der Waals surface area contributed by atoms with E-state index < -0.39 is 11.8 Å². The lowest BCUT2D eigenvalue weighted by atomic mass is 10.2. The van der Waals surface area contributed by atoms with E-state index in [4.69, 9.17) is 16.7 Å². The summed E-state index contributed by atoms with van der Waals surface area (Å²) in [5.41, 5.74) is 0.178. The summed E-state index contributed by atoms with van der Waals surface area (Å²) < 4.78 is 13.6. The Hall–Kier alpha value is -1.62. The van der Waals surface area contributed by atoms with Crippen molar-refractivity contribution < 1.29 is 19.1 Å². The van der Waals surface area contributed by atoms with Crippen molar-refractivity contribution >= 4 is 29.7 Å². The van der Waals surface area contributed by atoms with E-state index >= 15 is 0 Å². The first kappa shape index (κ1) is 15.4. The number of anilines is 1. The molecular weight excluding hydrogens is 273 g/mol. The maximum atomic E-state index is 13.6. The van der Waals surface area contributed by atoms with Crippen LogP contribution < -0.4 is 4.90 Å². The van der Waals surface area contributed by atoms with Gasteiger partial charge in [0, 0.05) is 18.0 Å². The van der Waals surface area contributed by atoms with Gasteiger partial charge in [-0.05, 0) is 31.0 Å². The average molecular weight is 288 g/mol. The molecule has 0 spiro atoms. The Labute approximate surface area is 115 Å². The van der Waals surface area contributed by atoms with Gasteiger partial charge in [-0.15, -0.1) is 0 Å². The molecule has 104 valence electrons. The predicted octanol–water partition coefficient (Wildman–Crippen LogP) is 3.09. The van der Waals surface area contributed by atoms with Crippen molar-refractivity contribution in [3.8, 4) is 0 Å². The van der Waals surface area contributed by atoms with E-state index in [1.165, 1.54) is 17.0 Å². The zero-order valence-corrected chi connectivity index (χ0v) is 11.1. The second-order valence-corrected chi connectivity index (χ2v) is 4.54. The van der Waals surface area contributed by atoms with Crippen LogP contribution in [-0.4, -0.2) is 24.0 Å². The summed E-state index contributed by atoms with van der Waals surface area (Å²) in [5.74, 6) is -1.39. The molecule has 1 amide bonds. The number of aliphatic carboxylic acids is 1. The number of nitrogens with zero attached hydrogens (tertiary/aromatic N) is 1. The number of unbranched alkanes of at least 4 members (excludes halogenated alkanes) is 2. The van der Waals surface area contributed by atoms with Gasteiger partial charge < -0.3 is 10.0 Å². The Morgan fingerprint density at radius 2 is 2.11 bits per heavy atom. The summed E-state index contributed by atoms with van der Waals surface area (Å²) in [5, 5.41) is 8.75. The van der Waals surface area contributed by atoms with E-state index in [0.717, 1.165) is 6.07 Å². The standard InChI is InChI=1S/C13H15ClFNO3/c14-10-5-6-12(11(15)8-10)16(9-17)7-3-1-2-4-13(18)19/h5-6,8-9H,1-4,7H2,(H,18,19). The van der Waals surface area contributed by atoms with Gasteiger partial charge in [-0.25, -0.2) is 4.39 Å². The van der Waals surface area contributed by atoms with E-state index in [1.54, 1.807) is 0 Å². The van der Waals surface area contributed by atoms with Gasteiger partial charge in [0.05, 0.1) is 5.69 Å². The van der Waals surface area contributed by atoms with E-state index in [1.807, 2.05) is 0 Å². The van der Waals surface area contributed by atoms with Crippen molar-refractivity contribution in [3.63, 3.8) is 0 Å². The monoisotopic (exact) mass is 287 g/mol. The van der Waals surface area contributed by atoms with E-state index in [-0.39, 0.29) is 17.1 Å². The lowest BCUT2D eigenvalue weighted by Gasteiger charge is -2.18. The van der Waals surface area contributed by atoms with Crippen LogP contribution in [0.4, 0.5) is 10.1 Å². The van der Waals surface area contributed by atoms with Crippen LogP contribution in [0.3, 0.4) is 0 Å². The molecule has 0 atom stereocenters. The molecule has 0 fully saturated rings. The Morgan fingerprint density at radius 1 is 1.37 bits per heavy atom. The largest absolute Gasteiger partial charge is 0.481 e. The molecule has 19 heavy (non-hydrogen) atoms. The predicted molar refractivity (Wildman–Crippen MR) is 70.9 cm³/mol. The van der Waals surface area contributed by atoms with Crippen LogP contribution in [0.1, 0.15) is 25.7 Å². The third-order valence-corrected chi connectivity index (χ3v) is 2.87. The number of hydrogen-bond donors (Lipinski definition) is 1. The Bertz CT molecular complexity index is 454. The fourth-order valence-electron chi connectivity index (χ4n) is 1.68. The molecule has 0 heterocycles. The summed E-state index contributed by atoms with van der Waals surface area (Å²) in [4.78, 5) is 22.5. The molecule has 1 aromatic rings. The highest BCUT2D eigenvalue weighted by Crippen LogP contribution is 2.22. The number of rotatable bonds is 8. The van der Waals surface area contributed by atoms with Gasteiger partial charge in [0.1, 0.15) is 5.82 Å². The van der Waals surface area contributed by atoms with Gasteiger partial charge in [-0.2, -0.15) is 0 Å². The molecule has 0 bridgehead atoms. The molecule has 0 unspecified atom stereocenters. The van der Waals surface area contributed by atoms with Gasteiger partial charge >= 0.3 is 5.97 Å². The highest BCUT2D eigenvalue weighted by molar-refractivity contribution is 6.30. The molecule has 1 N–H and O–H groups in total. The normalized spacial score (nSPS) is 10.2. The van der Waals surface area contributed by atoms with E-state index in [9.17, 15) is 14.0 Å². The first-order chi connectivity index (χ1) is 9.04. The summed E-state index contributed by atoms with van der Waals surface area (Å²) in [6.07, 6.45) is 2.50. The molecule has 0 aliphatic rings. The second kappa shape index (κ2) is 7.74. The molecule has 0 radical (unpaired) electrons. The molecule has 0 aliphatic carbocycles. The maximum Gasteiger partial charge on any atom is 0.303 e. The Balaban J connectivity index is 2.49. The van der Waals surface area contributed by atoms with Crippen LogP contribution in [0.2, 0.25) is 5.02 Å². The number of carbonyl (C=O) groups excluding carboxylic acids is 1. The third-order valence-electron chi connectivity index (χ3n) is 2.64. The highest BCUT2D eigenvalue weighted by atomic mass is 35.5. The SMILES string of the molecule is O=CN(CCCCCC(=O)O)c1ccc(Cl)cc1F. The number of carboxylic acid groups (broad SMARTS) is 1. The van der Waals surface area contributed by atoms with Crippen molar-refractivity contribution in [2.75, 3.05) is 11.4 Å². The lowest BCUT2D eigenvalue weighted by molar-refractivity contribution is -0.137. The molecule has 4 nitrogen and oxygen atoms in total. The minimum Gasteiger partial charge on any atom is -0.481 e. The first-order valence-corrected chi connectivity index (χ1v) is 6.31. The second-order valence-electron chi connectivity index (χ2n) is 4.10. The van der Waals surface area contributed by atoms with E-state index in [2.05, 4.69) is 0 Å². The van der Waals surface area contributed by atoms with Gasteiger partial charge in [0.2, 0.25) is 6.41 Å². The summed E-state index contributed by atoms with van der Waals surface area (Å²) in [6, 6.07) is 4.11. The quantitative estimate of drug-likeness (QED) is 0.590. The number of halogens is 2. The van der Waals surface area contributed by atoms with Crippen molar-refractivity contribution in [3.05, 3.63) is 29.0 Å². The van der Waals surface area contributed by atoms with Gasteiger partial charge in [0.25, 0.3) is 0 Å². The van der Waals surface area contributed by atoms with Crippen molar-refractivity contribution in [2.24, 2.45) is 0 Å². The minimum absolute atomic E-state index is 0.108. The minimum atomic E-state index is -0.837. The lowest BCUT2D eigenvalue weighted by Crippen LogP contribution is -2.23. The molecule has 1 aromatic carbocycles. The molecule has 0 aliphatic heterocycles. The topological polar surface area (TPSA) is 57.6 Å². The van der Waals surface area contributed by atoms with Crippen LogP contribution in [0.25, 0.3) is 0 Å². The van der Waals surface area contributed by atoms with Crippen LogP contribution in [0.15, 0.2) is 18.2 Å². The van der Waals surface area contributed by atoms with Crippen LogP contribution >= 0.6 is 11.6 Å². The number of carbonyl (C=O) groups is 2. The van der Waals surface area contributed by atoms with Crippen molar-refractivity contribution in [1.82, 2.24) is 0 Å². The molecular formula is C13H15ClFNO3. The number of carboxylic acids is 1. The molecule has 0 aromatic heterocycles. The number of hydrogen-bond acceptors (Lipinski definition) is 2. The fraction of sp³-hybridized carbons (Fsp3) is 0.385. The summed E-state index contributed by atoms with van der Waals surface area (Å²) >= 11 is 5.64. The van der Waals surface area contributed by atoms with Crippen LogP contribution in [0, 0.1) is 5.82 Å². The Morgan fingerprint density at radius 3 is 2.68 bits per heavy atom. The summed E-state index contributed by atoms with van der Waals surface area (Å²) in [7, 11) is 0. The first-order valence-electron chi connectivity index (χ1n) is 5.93.